The van der Waals surface area contributed by atoms with Crippen LogP contribution in [0.15, 0.2) is 24.3 Å². The number of anilines is 1. The molecule has 2 N–H and O–H groups in total. The Kier molecular flexibility index (Phi) is 6.39. The van der Waals surface area contributed by atoms with Gasteiger partial charge < -0.3 is 15.3 Å². The number of amides is 2. The van der Waals surface area contributed by atoms with Gasteiger partial charge in [-0.1, -0.05) is 6.07 Å². The number of nitrogens with one attached hydrogen (secondary N) is 1. The van der Waals surface area contributed by atoms with Crippen molar-refractivity contribution in [2.24, 2.45) is 0 Å². The summed E-state index contributed by atoms with van der Waals surface area (Å²) in [5.41, 5.74) is 0.984. The molecule has 0 atom stereocenters. The van der Waals surface area contributed by atoms with Crippen molar-refractivity contribution in [2.75, 3.05) is 18.4 Å². The van der Waals surface area contributed by atoms with Crippen LogP contribution in [0.2, 0.25) is 0 Å². The summed E-state index contributed by atoms with van der Waals surface area (Å²) in [5.74, 6) is -1.50. The lowest BCUT2D eigenvalue weighted by Crippen LogP contribution is -2.30. The first-order valence-electron chi connectivity index (χ1n) is 6.88. The Balaban J connectivity index is 2.74. The van der Waals surface area contributed by atoms with E-state index in [1.165, 1.54) is 0 Å². The molecular weight excluding hydrogens is 272 g/mol. The fourth-order valence-electron chi connectivity index (χ4n) is 1.87. The Labute approximate surface area is 123 Å². The Morgan fingerprint density at radius 2 is 1.81 bits per heavy atom. The average Bonchev–Trinajstić information content (AvgIpc) is 2.46. The Bertz CT molecular complexity index is 524. The van der Waals surface area contributed by atoms with Crippen LogP contribution in [0.3, 0.4) is 0 Å². The molecule has 0 aliphatic heterocycles. The summed E-state index contributed by atoms with van der Waals surface area (Å²) in [4.78, 5) is 35.9. The molecule has 0 aliphatic carbocycles. The van der Waals surface area contributed by atoms with Gasteiger partial charge >= 0.3 is 5.97 Å². The van der Waals surface area contributed by atoms with Crippen LogP contribution >= 0.6 is 0 Å². The minimum absolute atomic E-state index is 0.0937. The quantitative estimate of drug-likeness (QED) is 0.804. The monoisotopic (exact) mass is 292 g/mol. The highest BCUT2D eigenvalue weighted by Gasteiger charge is 2.13. The summed E-state index contributed by atoms with van der Waals surface area (Å²) in [7, 11) is 0. The van der Waals surface area contributed by atoms with Crippen molar-refractivity contribution < 1.29 is 19.5 Å². The molecule has 0 bridgehead atoms. The summed E-state index contributed by atoms with van der Waals surface area (Å²) in [5, 5.41) is 11.1. The van der Waals surface area contributed by atoms with E-state index in [0.717, 1.165) is 0 Å². The van der Waals surface area contributed by atoms with Crippen molar-refractivity contribution in [2.45, 2.75) is 26.7 Å². The maximum absolute atomic E-state index is 12.2. The van der Waals surface area contributed by atoms with Crippen LogP contribution < -0.4 is 5.32 Å². The molecule has 0 radical (unpaired) electrons. The summed E-state index contributed by atoms with van der Waals surface area (Å²) in [6.07, 6.45) is -0.312. The van der Waals surface area contributed by atoms with Gasteiger partial charge in [0.2, 0.25) is 5.91 Å². The Hall–Kier alpha value is -2.37. The molecule has 2 amide bonds. The lowest BCUT2D eigenvalue weighted by atomic mass is 10.1. The van der Waals surface area contributed by atoms with Gasteiger partial charge in [0.1, 0.15) is 0 Å². The molecule has 1 rings (SSSR count). The van der Waals surface area contributed by atoms with Crippen LogP contribution in [-0.2, 0) is 9.59 Å². The van der Waals surface area contributed by atoms with Crippen molar-refractivity contribution in [3.63, 3.8) is 0 Å². The first kappa shape index (κ1) is 16.7. The highest BCUT2D eigenvalue weighted by atomic mass is 16.4. The fraction of sp³-hybridized carbons (Fsp3) is 0.400. The lowest BCUT2D eigenvalue weighted by Gasteiger charge is -2.19. The zero-order chi connectivity index (χ0) is 15.8. The van der Waals surface area contributed by atoms with Crippen molar-refractivity contribution in [1.82, 2.24) is 4.90 Å². The third-order valence-corrected chi connectivity index (χ3v) is 3.01. The highest BCUT2D eigenvalue weighted by molar-refractivity contribution is 5.97. The maximum Gasteiger partial charge on any atom is 0.303 e. The predicted octanol–water partition coefficient (Wildman–Crippen LogP) is 1.97. The normalized spacial score (nSPS) is 10.0. The molecule has 0 saturated carbocycles. The van der Waals surface area contributed by atoms with Crippen LogP contribution in [0.25, 0.3) is 0 Å². The number of carbonyl (C=O) groups is 3. The summed E-state index contributed by atoms with van der Waals surface area (Å²) >= 11 is 0. The molecule has 0 unspecified atom stereocenters. The van der Waals surface area contributed by atoms with Crippen LogP contribution in [0, 0.1) is 0 Å². The molecule has 0 heterocycles. The molecular formula is C15H20N2O4. The second-order valence-electron chi connectivity index (χ2n) is 4.50. The van der Waals surface area contributed by atoms with Gasteiger partial charge in [0.25, 0.3) is 5.91 Å². The Morgan fingerprint density at radius 1 is 1.14 bits per heavy atom. The van der Waals surface area contributed by atoms with Crippen molar-refractivity contribution in [3.05, 3.63) is 29.8 Å². The standard InChI is InChI=1S/C15H20N2O4/c1-3-17(4-2)15(21)11-6-5-7-12(10-11)16-13(18)8-9-14(19)20/h5-7,10H,3-4,8-9H2,1-2H3,(H,16,18)(H,19,20). The number of aliphatic carboxylic acids is 1. The molecule has 114 valence electrons. The number of hydrogen-bond donors (Lipinski definition) is 2. The number of nitrogens with zero attached hydrogens (tertiary/aromatic N) is 1. The van der Waals surface area contributed by atoms with E-state index in [9.17, 15) is 14.4 Å². The van der Waals surface area contributed by atoms with E-state index in [4.69, 9.17) is 5.11 Å². The van der Waals surface area contributed by atoms with Crippen molar-refractivity contribution in [1.29, 1.82) is 0 Å². The largest absolute Gasteiger partial charge is 0.481 e. The summed E-state index contributed by atoms with van der Waals surface area (Å²) < 4.78 is 0. The van der Waals surface area contributed by atoms with Crippen molar-refractivity contribution in [3.8, 4) is 0 Å². The third kappa shape index (κ3) is 5.25. The van der Waals surface area contributed by atoms with Gasteiger partial charge in [0.15, 0.2) is 0 Å². The van der Waals surface area contributed by atoms with E-state index in [0.29, 0.717) is 24.3 Å². The molecule has 0 spiro atoms. The first-order valence-corrected chi connectivity index (χ1v) is 6.88. The van der Waals surface area contributed by atoms with E-state index in [1.54, 1.807) is 29.2 Å². The van der Waals surface area contributed by atoms with Crippen molar-refractivity contribution >= 4 is 23.5 Å². The molecule has 0 fully saturated rings. The topological polar surface area (TPSA) is 86.7 Å². The molecule has 6 heteroatoms. The minimum Gasteiger partial charge on any atom is -0.481 e. The fourth-order valence-corrected chi connectivity index (χ4v) is 1.87. The Morgan fingerprint density at radius 3 is 2.38 bits per heavy atom. The number of carboxylic acid groups (broad SMARTS) is 1. The zero-order valence-electron chi connectivity index (χ0n) is 12.3. The van der Waals surface area contributed by atoms with Crippen LogP contribution in [0.4, 0.5) is 5.69 Å². The number of hydrogen-bond acceptors (Lipinski definition) is 3. The van der Waals surface area contributed by atoms with Gasteiger partial charge in [0, 0.05) is 30.8 Å². The van der Waals surface area contributed by atoms with Gasteiger partial charge in [-0.05, 0) is 32.0 Å². The minimum atomic E-state index is -1.02. The van der Waals surface area contributed by atoms with Gasteiger partial charge in [-0.2, -0.15) is 0 Å². The first-order chi connectivity index (χ1) is 9.97. The van der Waals surface area contributed by atoms with E-state index in [2.05, 4.69) is 5.32 Å². The van der Waals surface area contributed by atoms with Gasteiger partial charge in [-0.25, -0.2) is 0 Å². The molecule has 0 aromatic heterocycles. The van der Waals surface area contributed by atoms with E-state index < -0.39 is 5.97 Å². The SMILES string of the molecule is CCN(CC)C(=O)c1cccc(NC(=O)CCC(=O)O)c1. The smallest absolute Gasteiger partial charge is 0.303 e. The van der Waals surface area contributed by atoms with Gasteiger partial charge in [0.05, 0.1) is 6.42 Å². The van der Waals surface area contributed by atoms with Crippen LogP contribution in [0.5, 0.6) is 0 Å². The number of rotatable bonds is 7. The second kappa shape index (κ2) is 8.04. The zero-order valence-corrected chi connectivity index (χ0v) is 12.3. The maximum atomic E-state index is 12.2. The van der Waals surface area contributed by atoms with Crippen LogP contribution in [-0.4, -0.2) is 40.9 Å². The molecule has 1 aromatic carbocycles. The van der Waals surface area contributed by atoms with E-state index >= 15 is 0 Å². The van der Waals surface area contributed by atoms with Gasteiger partial charge in [-0.3, -0.25) is 14.4 Å². The number of carbonyl (C=O) groups excluding carboxylic acids is 2. The highest BCUT2D eigenvalue weighted by Crippen LogP contribution is 2.13. The van der Waals surface area contributed by atoms with Gasteiger partial charge in [-0.15, -0.1) is 0 Å². The summed E-state index contributed by atoms with van der Waals surface area (Å²) in [6, 6.07) is 6.63. The van der Waals surface area contributed by atoms with Crippen LogP contribution in [0.1, 0.15) is 37.0 Å². The molecule has 0 saturated heterocycles. The third-order valence-electron chi connectivity index (χ3n) is 3.01. The summed E-state index contributed by atoms with van der Waals surface area (Å²) in [6.45, 7) is 5.03. The molecule has 21 heavy (non-hydrogen) atoms. The molecule has 1 aromatic rings. The van der Waals surface area contributed by atoms with E-state index in [1.807, 2.05) is 13.8 Å². The molecule has 0 aliphatic rings. The lowest BCUT2D eigenvalue weighted by molar-refractivity contribution is -0.138. The molecule has 6 nitrogen and oxygen atoms in total. The van der Waals surface area contributed by atoms with E-state index in [-0.39, 0.29) is 24.7 Å². The second-order valence-corrected chi connectivity index (χ2v) is 4.50. The number of carboxylic acids is 1. The average molecular weight is 292 g/mol. The number of benzene rings is 1. The predicted molar refractivity (Wildman–Crippen MR) is 79.2 cm³/mol.